The molecule has 17 heavy (non-hydrogen) atoms. The zero-order chi connectivity index (χ0) is 12.3. The maximum absolute atomic E-state index is 5.75. The van der Waals surface area contributed by atoms with Crippen LogP contribution in [0.25, 0.3) is 0 Å². The van der Waals surface area contributed by atoms with E-state index >= 15 is 0 Å². The van der Waals surface area contributed by atoms with E-state index in [1.807, 2.05) is 17.8 Å². The summed E-state index contributed by atoms with van der Waals surface area (Å²) in [5, 5.41) is 8.11. The van der Waals surface area contributed by atoms with Crippen molar-refractivity contribution in [1.82, 2.24) is 19.9 Å². The third kappa shape index (κ3) is 3.24. The summed E-state index contributed by atoms with van der Waals surface area (Å²) in [5.74, 6) is 0. The highest BCUT2D eigenvalue weighted by molar-refractivity contribution is 4.97. The Balaban J connectivity index is 1.91. The SMILES string of the molecule is CCN1CCOC(Cn2cc(C(C)N)nn2)C1. The molecule has 0 radical (unpaired) electrons. The van der Waals surface area contributed by atoms with Crippen LogP contribution in [0.2, 0.25) is 0 Å². The topological polar surface area (TPSA) is 69.2 Å². The molecule has 2 unspecified atom stereocenters. The molecule has 6 nitrogen and oxygen atoms in total. The van der Waals surface area contributed by atoms with E-state index in [4.69, 9.17) is 10.5 Å². The van der Waals surface area contributed by atoms with Gasteiger partial charge in [-0.2, -0.15) is 0 Å². The summed E-state index contributed by atoms with van der Waals surface area (Å²) in [6.07, 6.45) is 2.10. The predicted octanol–water partition coefficient (Wildman–Crippen LogP) is 0.0185. The Morgan fingerprint density at radius 1 is 1.65 bits per heavy atom. The minimum Gasteiger partial charge on any atom is -0.374 e. The summed E-state index contributed by atoms with van der Waals surface area (Å²) in [6.45, 7) is 8.68. The molecule has 0 amide bonds. The van der Waals surface area contributed by atoms with Crippen LogP contribution >= 0.6 is 0 Å². The average Bonchev–Trinajstić information content (AvgIpc) is 2.78. The van der Waals surface area contributed by atoms with Crippen molar-refractivity contribution in [3.05, 3.63) is 11.9 Å². The second-order valence-corrected chi connectivity index (χ2v) is 4.54. The van der Waals surface area contributed by atoms with Crippen molar-refractivity contribution in [2.45, 2.75) is 32.5 Å². The lowest BCUT2D eigenvalue weighted by Crippen LogP contribution is -2.44. The van der Waals surface area contributed by atoms with Gasteiger partial charge in [0.25, 0.3) is 0 Å². The molecule has 2 N–H and O–H groups in total. The lowest BCUT2D eigenvalue weighted by Gasteiger charge is -2.31. The molecular weight excluding hydrogens is 218 g/mol. The molecule has 0 spiro atoms. The fourth-order valence-electron chi connectivity index (χ4n) is 2.00. The summed E-state index contributed by atoms with van der Waals surface area (Å²) in [6, 6.07) is -0.0665. The molecule has 96 valence electrons. The smallest absolute Gasteiger partial charge is 0.0991 e. The third-order valence-corrected chi connectivity index (χ3v) is 3.08. The molecule has 2 heterocycles. The van der Waals surface area contributed by atoms with E-state index < -0.39 is 0 Å². The number of nitrogens with zero attached hydrogens (tertiary/aromatic N) is 4. The lowest BCUT2D eigenvalue weighted by molar-refractivity contribution is -0.0360. The van der Waals surface area contributed by atoms with E-state index in [0.29, 0.717) is 0 Å². The van der Waals surface area contributed by atoms with Crippen molar-refractivity contribution in [3.8, 4) is 0 Å². The number of aromatic nitrogens is 3. The van der Waals surface area contributed by atoms with Crippen LogP contribution in [0.3, 0.4) is 0 Å². The van der Waals surface area contributed by atoms with Gasteiger partial charge in [0, 0.05) is 19.1 Å². The number of morpholine rings is 1. The van der Waals surface area contributed by atoms with Gasteiger partial charge < -0.3 is 10.5 Å². The van der Waals surface area contributed by atoms with Crippen molar-refractivity contribution in [2.24, 2.45) is 5.73 Å². The molecule has 2 atom stereocenters. The van der Waals surface area contributed by atoms with Crippen LogP contribution in [0, 0.1) is 0 Å². The first-order valence-electron chi connectivity index (χ1n) is 6.18. The standard InChI is InChI=1S/C11H21N5O/c1-3-15-4-5-17-10(6-15)7-16-8-11(9(2)12)13-14-16/h8-10H,3-7,12H2,1-2H3. The van der Waals surface area contributed by atoms with Gasteiger partial charge in [-0.15, -0.1) is 5.10 Å². The van der Waals surface area contributed by atoms with E-state index in [9.17, 15) is 0 Å². The van der Waals surface area contributed by atoms with Crippen LogP contribution in [0.4, 0.5) is 0 Å². The number of likely N-dealkylation sites (N-methyl/N-ethyl adjacent to an activating group) is 1. The van der Waals surface area contributed by atoms with Gasteiger partial charge in [0.2, 0.25) is 0 Å². The molecule has 0 aliphatic carbocycles. The number of hydrogen-bond donors (Lipinski definition) is 1. The first-order valence-corrected chi connectivity index (χ1v) is 6.18. The van der Waals surface area contributed by atoms with E-state index in [-0.39, 0.29) is 12.1 Å². The highest BCUT2D eigenvalue weighted by Crippen LogP contribution is 2.08. The summed E-state index contributed by atoms with van der Waals surface area (Å²) in [4.78, 5) is 2.39. The van der Waals surface area contributed by atoms with Crippen LogP contribution in [0.1, 0.15) is 25.6 Å². The Morgan fingerprint density at radius 2 is 2.47 bits per heavy atom. The molecular formula is C11H21N5O. The monoisotopic (exact) mass is 239 g/mol. The Morgan fingerprint density at radius 3 is 3.12 bits per heavy atom. The lowest BCUT2D eigenvalue weighted by atomic mass is 10.2. The number of rotatable bonds is 4. The van der Waals surface area contributed by atoms with Crippen molar-refractivity contribution in [3.63, 3.8) is 0 Å². The first-order chi connectivity index (χ1) is 8.19. The number of nitrogens with two attached hydrogens (primary N) is 1. The highest BCUT2D eigenvalue weighted by atomic mass is 16.5. The fourth-order valence-corrected chi connectivity index (χ4v) is 2.00. The maximum atomic E-state index is 5.75. The van der Waals surface area contributed by atoms with Crippen LogP contribution in [0.5, 0.6) is 0 Å². The summed E-state index contributed by atoms with van der Waals surface area (Å²) in [7, 11) is 0. The van der Waals surface area contributed by atoms with Gasteiger partial charge in [0.15, 0.2) is 0 Å². The largest absolute Gasteiger partial charge is 0.374 e. The summed E-state index contributed by atoms with van der Waals surface area (Å²) in [5.41, 5.74) is 6.58. The van der Waals surface area contributed by atoms with Crippen LogP contribution in [-0.4, -0.2) is 52.2 Å². The molecule has 6 heteroatoms. The Labute approximate surface area is 102 Å². The molecule has 2 rings (SSSR count). The molecule has 1 saturated heterocycles. The fraction of sp³-hybridized carbons (Fsp3) is 0.818. The zero-order valence-electron chi connectivity index (χ0n) is 10.5. The highest BCUT2D eigenvalue weighted by Gasteiger charge is 2.20. The summed E-state index contributed by atoms with van der Waals surface area (Å²) < 4.78 is 7.54. The van der Waals surface area contributed by atoms with Gasteiger partial charge in [0.1, 0.15) is 0 Å². The molecule has 0 saturated carbocycles. The van der Waals surface area contributed by atoms with Crippen LogP contribution < -0.4 is 5.73 Å². The second-order valence-electron chi connectivity index (χ2n) is 4.54. The van der Waals surface area contributed by atoms with Gasteiger partial charge in [-0.05, 0) is 13.5 Å². The Bertz CT molecular complexity index is 351. The molecule has 0 bridgehead atoms. The van der Waals surface area contributed by atoms with Crippen LogP contribution in [-0.2, 0) is 11.3 Å². The normalized spacial score (nSPS) is 23.8. The van der Waals surface area contributed by atoms with Crippen molar-refractivity contribution in [1.29, 1.82) is 0 Å². The summed E-state index contributed by atoms with van der Waals surface area (Å²) >= 11 is 0. The van der Waals surface area contributed by atoms with Gasteiger partial charge >= 0.3 is 0 Å². The molecule has 1 fully saturated rings. The van der Waals surface area contributed by atoms with Crippen LogP contribution in [0.15, 0.2) is 6.20 Å². The quantitative estimate of drug-likeness (QED) is 0.802. The molecule has 1 aromatic rings. The molecule has 1 aliphatic heterocycles. The average molecular weight is 239 g/mol. The van der Waals surface area contributed by atoms with Crippen molar-refractivity contribution >= 4 is 0 Å². The van der Waals surface area contributed by atoms with Gasteiger partial charge in [-0.1, -0.05) is 12.1 Å². The zero-order valence-corrected chi connectivity index (χ0v) is 10.5. The number of ether oxygens (including phenoxy) is 1. The van der Waals surface area contributed by atoms with Gasteiger partial charge in [-0.3, -0.25) is 4.90 Å². The minimum atomic E-state index is -0.0665. The number of hydrogen-bond acceptors (Lipinski definition) is 5. The van der Waals surface area contributed by atoms with E-state index in [1.165, 1.54) is 0 Å². The van der Waals surface area contributed by atoms with E-state index in [2.05, 4.69) is 22.1 Å². The van der Waals surface area contributed by atoms with E-state index in [1.54, 1.807) is 0 Å². The Kier molecular flexibility index (Phi) is 4.09. The first kappa shape index (κ1) is 12.5. The predicted molar refractivity (Wildman–Crippen MR) is 64.5 cm³/mol. The third-order valence-electron chi connectivity index (χ3n) is 3.08. The Hall–Kier alpha value is -0.980. The molecule has 1 aromatic heterocycles. The minimum absolute atomic E-state index is 0.0665. The van der Waals surface area contributed by atoms with Crippen molar-refractivity contribution < 1.29 is 4.74 Å². The van der Waals surface area contributed by atoms with Crippen molar-refractivity contribution in [2.75, 3.05) is 26.2 Å². The van der Waals surface area contributed by atoms with Gasteiger partial charge in [0.05, 0.1) is 31.1 Å². The second kappa shape index (κ2) is 5.57. The molecule has 1 aliphatic rings. The van der Waals surface area contributed by atoms with E-state index in [0.717, 1.165) is 38.5 Å². The van der Waals surface area contributed by atoms with Gasteiger partial charge in [-0.25, -0.2) is 4.68 Å². The maximum Gasteiger partial charge on any atom is 0.0991 e. The molecule has 0 aromatic carbocycles.